The van der Waals surface area contributed by atoms with Gasteiger partial charge in [-0.2, -0.15) is 5.26 Å². The van der Waals surface area contributed by atoms with E-state index in [0.717, 1.165) is 9.80 Å². The first-order valence-electron chi connectivity index (χ1n) is 10.6. The topological polar surface area (TPSA) is 108 Å². The molecule has 0 N–H and O–H groups in total. The zero-order chi connectivity index (χ0) is 24.9. The number of esters is 1. The molecule has 0 aromatic heterocycles. The van der Waals surface area contributed by atoms with Crippen molar-refractivity contribution < 1.29 is 28.3 Å². The molecule has 0 atom stereocenters. The fourth-order valence-corrected chi connectivity index (χ4v) is 3.70. The Balaban J connectivity index is 1.48. The number of nitrogens with zero attached hydrogens (tertiary/aromatic N) is 3. The minimum atomic E-state index is -0.870. The SMILES string of the molecule is N#CCCN(C(=O)COC(=O)c1cccc(N2C(=O)c3ccccc3C2=O)c1)c1ccccc1F. The maximum atomic E-state index is 14.2. The van der Waals surface area contributed by atoms with Gasteiger partial charge in [0.25, 0.3) is 17.7 Å². The van der Waals surface area contributed by atoms with Gasteiger partial charge in [-0.3, -0.25) is 14.4 Å². The summed E-state index contributed by atoms with van der Waals surface area (Å²) in [7, 11) is 0. The Labute approximate surface area is 199 Å². The molecular formula is C26H18FN3O5. The second kappa shape index (κ2) is 9.97. The Bertz CT molecular complexity index is 1350. The van der Waals surface area contributed by atoms with Crippen LogP contribution in [0.3, 0.4) is 0 Å². The van der Waals surface area contributed by atoms with Crippen LogP contribution in [0.1, 0.15) is 37.5 Å². The summed E-state index contributed by atoms with van der Waals surface area (Å²) in [6.07, 6.45) is -0.0453. The molecular weight excluding hydrogens is 453 g/mol. The molecule has 174 valence electrons. The van der Waals surface area contributed by atoms with Crippen LogP contribution in [0.2, 0.25) is 0 Å². The van der Waals surface area contributed by atoms with Crippen molar-refractivity contribution in [2.24, 2.45) is 0 Å². The number of nitriles is 1. The molecule has 0 fully saturated rings. The van der Waals surface area contributed by atoms with Gasteiger partial charge in [0.15, 0.2) is 6.61 Å². The molecule has 0 saturated carbocycles. The Morgan fingerprint density at radius 2 is 1.60 bits per heavy atom. The highest BCUT2D eigenvalue weighted by atomic mass is 19.1. The Morgan fingerprint density at radius 1 is 0.943 bits per heavy atom. The smallest absolute Gasteiger partial charge is 0.338 e. The highest BCUT2D eigenvalue weighted by Crippen LogP contribution is 2.29. The van der Waals surface area contributed by atoms with Gasteiger partial charge in [-0.25, -0.2) is 14.1 Å². The lowest BCUT2D eigenvalue weighted by molar-refractivity contribution is -0.121. The first kappa shape index (κ1) is 23.3. The number of benzene rings is 3. The second-order valence-electron chi connectivity index (χ2n) is 7.52. The summed E-state index contributed by atoms with van der Waals surface area (Å²) in [4.78, 5) is 52.8. The van der Waals surface area contributed by atoms with Crippen molar-refractivity contribution in [3.63, 3.8) is 0 Å². The maximum Gasteiger partial charge on any atom is 0.338 e. The summed E-state index contributed by atoms with van der Waals surface area (Å²) in [6, 6.07) is 19.6. The average Bonchev–Trinajstić information content (AvgIpc) is 3.13. The lowest BCUT2D eigenvalue weighted by Crippen LogP contribution is -2.36. The van der Waals surface area contributed by atoms with E-state index in [4.69, 9.17) is 10.00 Å². The number of ether oxygens (including phenoxy) is 1. The first-order chi connectivity index (χ1) is 16.9. The van der Waals surface area contributed by atoms with Crippen LogP contribution in [-0.4, -0.2) is 36.8 Å². The van der Waals surface area contributed by atoms with Gasteiger partial charge in [-0.05, 0) is 42.5 Å². The van der Waals surface area contributed by atoms with Gasteiger partial charge in [0.2, 0.25) is 0 Å². The zero-order valence-corrected chi connectivity index (χ0v) is 18.3. The van der Waals surface area contributed by atoms with E-state index in [1.807, 2.05) is 6.07 Å². The monoisotopic (exact) mass is 471 g/mol. The normalized spacial score (nSPS) is 12.2. The van der Waals surface area contributed by atoms with Gasteiger partial charge in [0, 0.05) is 6.54 Å². The summed E-state index contributed by atoms with van der Waals surface area (Å²) in [5, 5.41) is 8.87. The van der Waals surface area contributed by atoms with E-state index in [1.165, 1.54) is 42.5 Å². The van der Waals surface area contributed by atoms with Gasteiger partial charge in [0.05, 0.1) is 40.6 Å². The zero-order valence-electron chi connectivity index (χ0n) is 18.3. The van der Waals surface area contributed by atoms with Gasteiger partial charge < -0.3 is 9.64 Å². The van der Waals surface area contributed by atoms with Crippen molar-refractivity contribution in [1.82, 2.24) is 0 Å². The molecule has 0 radical (unpaired) electrons. The molecule has 0 spiro atoms. The molecule has 1 aliphatic heterocycles. The van der Waals surface area contributed by atoms with Crippen LogP contribution in [-0.2, 0) is 9.53 Å². The third-order valence-electron chi connectivity index (χ3n) is 5.35. The van der Waals surface area contributed by atoms with Crippen LogP contribution >= 0.6 is 0 Å². The molecule has 0 saturated heterocycles. The highest BCUT2D eigenvalue weighted by molar-refractivity contribution is 6.34. The molecule has 1 aliphatic rings. The number of carbonyl (C=O) groups excluding carboxylic acids is 4. The van der Waals surface area contributed by atoms with E-state index in [1.54, 1.807) is 30.3 Å². The lowest BCUT2D eigenvalue weighted by atomic mass is 10.1. The minimum absolute atomic E-state index is 0.0151. The standard InChI is InChI=1S/C26H18FN3O5/c27-21-11-3-4-12-22(21)29(14-6-13-28)23(31)16-35-26(34)17-7-5-8-18(15-17)30-24(32)19-9-1-2-10-20(19)25(30)33/h1-5,7-12,15H,6,14,16H2. The summed E-state index contributed by atoms with van der Waals surface area (Å²) >= 11 is 0. The number of amides is 3. The maximum absolute atomic E-state index is 14.2. The molecule has 3 aromatic carbocycles. The number of fused-ring (bicyclic) bond motifs is 1. The van der Waals surface area contributed by atoms with Crippen LogP contribution in [0, 0.1) is 17.1 Å². The summed E-state index contributed by atoms with van der Waals surface area (Å²) < 4.78 is 19.3. The fraction of sp³-hybridized carbons (Fsp3) is 0.115. The fourth-order valence-electron chi connectivity index (χ4n) is 3.70. The molecule has 35 heavy (non-hydrogen) atoms. The van der Waals surface area contributed by atoms with Crippen molar-refractivity contribution in [1.29, 1.82) is 5.26 Å². The Morgan fingerprint density at radius 3 is 2.26 bits per heavy atom. The van der Waals surface area contributed by atoms with Gasteiger partial charge in [0.1, 0.15) is 5.82 Å². The van der Waals surface area contributed by atoms with Crippen molar-refractivity contribution >= 4 is 35.1 Å². The first-order valence-corrected chi connectivity index (χ1v) is 10.6. The number of hydrogen-bond donors (Lipinski definition) is 0. The van der Waals surface area contributed by atoms with Crippen molar-refractivity contribution in [2.45, 2.75) is 6.42 Å². The van der Waals surface area contributed by atoms with E-state index in [-0.39, 0.29) is 41.0 Å². The molecule has 3 amide bonds. The lowest BCUT2D eigenvalue weighted by Gasteiger charge is -2.22. The molecule has 9 heteroatoms. The minimum Gasteiger partial charge on any atom is -0.452 e. The number of rotatable bonds is 7. The van der Waals surface area contributed by atoms with Crippen LogP contribution in [0.5, 0.6) is 0 Å². The van der Waals surface area contributed by atoms with Crippen molar-refractivity contribution in [2.75, 3.05) is 23.0 Å². The van der Waals surface area contributed by atoms with E-state index >= 15 is 0 Å². The molecule has 8 nitrogen and oxygen atoms in total. The van der Waals surface area contributed by atoms with Crippen molar-refractivity contribution in [3.8, 4) is 6.07 Å². The molecule has 4 rings (SSSR count). The van der Waals surface area contributed by atoms with Gasteiger partial charge >= 0.3 is 5.97 Å². The molecule has 0 bridgehead atoms. The van der Waals surface area contributed by atoms with E-state index in [0.29, 0.717) is 0 Å². The van der Waals surface area contributed by atoms with Crippen LogP contribution in [0.25, 0.3) is 0 Å². The average molecular weight is 471 g/mol. The van der Waals surface area contributed by atoms with Gasteiger partial charge in [-0.15, -0.1) is 0 Å². The summed E-state index contributed by atoms with van der Waals surface area (Å²) in [6.45, 7) is -0.779. The second-order valence-corrected chi connectivity index (χ2v) is 7.52. The highest BCUT2D eigenvalue weighted by Gasteiger charge is 2.36. The molecule has 0 unspecified atom stereocenters. The summed E-state index contributed by atoms with van der Waals surface area (Å²) in [5.41, 5.74) is 0.695. The van der Waals surface area contributed by atoms with E-state index < -0.39 is 36.1 Å². The van der Waals surface area contributed by atoms with Gasteiger partial charge in [-0.1, -0.05) is 30.3 Å². The van der Waals surface area contributed by atoms with Crippen LogP contribution in [0.15, 0.2) is 72.8 Å². The van der Waals surface area contributed by atoms with E-state index in [2.05, 4.69) is 0 Å². The number of anilines is 2. The predicted octanol–water partition coefficient (Wildman–Crippen LogP) is 3.73. The van der Waals surface area contributed by atoms with Crippen molar-refractivity contribution in [3.05, 3.63) is 95.3 Å². The quantitative estimate of drug-likeness (QED) is 0.384. The number of carbonyl (C=O) groups is 4. The molecule has 3 aromatic rings. The molecule has 1 heterocycles. The number of halogens is 1. The van der Waals surface area contributed by atoms with Crippen LogP contribution in [0.4, 0.5) is 15.8 Å². The van der Waals surface area contributed by atoms with Crippen LogP contribution < -0.4 is 9.80 Å². The Hall–Kier alpha value is -4.84. The largest absolute Gasteiger partial charge is 0.452 e. The molecule has 0 aliphatic carbocycles. The predicted molar refractivity (Wildman–Crippen MR) is 123 cm³/mol. The van der Waals surface area contributed by atoms with E-state index in [9.17, 15) is 23.6 Å². The number of imide groups is 1. The number of para-hydroxylation sites is 1. The Kier molecular flexibility index (Phi) is 6.64. The third-order valence-corrected chi connectivity index (χ3v) is 5.35. The summed E-state index contributed by atoms with van der Waals surface area (Å²) in [5.74, 6) is -3.26. The number of hydrogen-bond acceptors (Lipinski definition) is 6. The third kappa shape index (κ3) is 4.63.